The first-order valence-electron chi connectivity index (χ1n) is 7.75. The van der Waals surface area contributed by atoms with Gasteiger partial charge in [-0.3, -0.25) is 4.98 Å². The van der Waals surface area contributed by atoms with Crippen LogP contribution in [-0.4, -0.2) is 42.1 Å². The fourth-order valence-electron chi connectivity index (χ4n) is 2.64. The van der Waals surface area contributed by atoms with Crippen molar-refractivity contribution < 1.29 is 4.79 Å². The van der Waals surface area contributed by atoms with Gasteiger partial charge in [-0.1, -0.05) is 23.2 Å². The molecular formula is C17H18Cl2N4O. The number of nitrogens with one attached hydrogen (secondary N) is 1. The summed E-state index contributed by atoms with van der Waals surface area (Å²) in [6.45, 7) is 3.38. The van der Waals surface area contributed by atoms with Crippen molar-refractivity contribution >= 4 is 34.9 Å². The van der Waals surface area contributed by atoms with Crippen LogP contribution in [0.2, 0.25) is 10.0 Å². The van der Waals surface area contributed by atoms with Crippen molar-refractivity contribution in [2.75, 3.05) is 31.1 Å². The Labute approximate surface area is 151 Å². The minimum absolute atomic E-state index is 0.0411. The molecule has 1 aromatic heterocycles. The molecule has 2 amide bonds. The molecular weight excluding hydrogens is 347 g/mol. The van der Waals surface area contributed by atoms with E-state index >= 15 is 0 Å². The molecule has 1 fully saturated rings. The first kappa shape index (κ1) is 16.9. The minimum atomic E-state index is -0.0411. The number of amides is 2. The van der Waals surface area contributed by atoms with Crippen molar-refractivity contribution in [3.63, 3.8) is 0 Å². The van der Waals surface area contributed by atoms with Crippen LogP contribution in [0.25, 0.3) is 0 Å². The normalized spacial score (nSPS) is 14.6. The number of rotatable bonds is 3. The Morgan fingerprint density at radius 2 is 1.75 bits per heavy atom. The highest BCUT2D eigenvalue weighted by atomic mass is 35.5. The van der Waals surface area contributed by atoms with E-state index in [1.54, 1.807) is 18.5 Å². The summed E-state index contributed by atoms with van der Waals surface area (Å²) in [4.78, 5) is 20.3. The second kappa shape index (κ2) is 7.73. The molecule has 2 aromatic rings. The van der Waals surface area contributed by atoms with Gasteiger partial charge in [0.2, 0.25) is 0 Å². The van der Waals surface area contributed by atoms with E-state index in [2.05, 4.69) is 15.2 Å². The SMILES string of the molecule is O=C(NCc1ccncc1)N1CCN(c2ccc(Cl)c(Cl)c2)CC1. The molecule has 0 spiro atoms. The van der Waals surface area contributed by atoms with Crippen LogP contribution in [0.3, 0.4) is 0 Å². The molecule has 0 bridgehead atoms. The third-order valence-corrected chi connectivity index (χ3v) is 4.77. The summed E-state index contributed by atoms with van der Waals surface area (Å²) in [6.07, 6.45) is 3.44. The maximum Gasteiger partial charge on any atom is 0.317 e. The monoisotopic (exact) mass is 364 g/mol. The zero-order chi connectivity index (χ0) is 16.9. The van der Waals surface area contributed by atoms with Gasteiger partial charge < -0.3 is 15.1 Å². The second-order valence-electron chi connectivity index (χ2n) is 5.59. The molecule has 3 rings (SSSR count). The van der Waals surface area contributed by atoms with Crippen LogP contribution in [0.1, 0.15) is 5.56 Å². The molecule has 1 aromatic carbocycles. The lowest BCUT2D eigenvalue weighted by molar-refractivity contribution is 0.194. The lowest BCUT2D eigenvalue weighted by atomic mass is 10.2. The zero-order valence-electron chi connectivity index (χ0n) is 13.1. The first-order chi connectivity index (χ1) is 11.6. The van der Waals surface area contributed by atoms with Gasteiger partial charge in [-0.05, 0) is 35.9 Å². The van der Waals surface area contributed by atoms with Gasteiger partial charge >= 0.3 is 6.03 Å². The van der Waals surface area contributed by atoms with Gasteiger partial charge in [0.15, 0.2) is 0 Å². The molecule has 0 atom stereocenters. The van der Waals surface area contributed by atoms with Crippen LogP contribution in [0, 0.1) is 0 Å². The Bertz CT molecular complexity index is 703. The topological polar surface area (TPSA) is 48.5 Å². The van der Waals surface area contributed by atoms with E-state index in [0.29, 0.717) is 29.7 Å². The van der Waals surface area contributed by atoms with Crippen LogP contribution >= 0.6 is 23.2 Å². The zero-order valence-corrected chi connectivity index (χ0v) is 14.6. The molecule has 1 aliphatic heterocycles. The molecule has 0 aliphatic carbocycles. The van der Waals surface area contributed by atoms with Crippen molar-refractivity contribution in [1.29, 1.82) is 0 Å². The summed E-state index contributed by atoms with van der Waals surface area (Å²) in [5, 5.41) is 4.04. The van der Waals surface area contributed by atoms with Gasteiger partial charge in [0.05, 0.1) is 10.0 Å². The lowest BCUT2D eigenvalue weighted by Crippen LogP contribution is -2.51. The van der Waals surface area contributed by atoms with Crippen LogP contribution in [0.4, 0.5) is 10.5 Å². The maximum atomic E-state index is 12.3. The van der Waals surface area contributed by atoms with Gasteiger partial charge in [-0.15, -0.1) is 0 Å². The average Bonchev–Trinajstić information content (AvgIpc) is 2.63. The third kappa shape index (κ3) is 4.10. The number of halogens is 2. The van der Waals surface area contributed by atoms with Crippen molar-refractivity contribution in [1.82, 2.24) is 15.2 Å². The highest BCUT2D eigenvalue weighted by molar-refractivity contribution is 6.42. The van der Waals surface area contributed by atoms with Gasteiger partial charge in [0.25, 0.3) is 0 Å². The van der Waals surface area contributed by atoms with E-state index in [4.69, 9.17) is 23.2 Å². The molecule has 0 unspecified atom stereocenters. The number of piperazine rings is 1. The van der Waals surface area contributed by atoms with Gasteiger partial charge in [-0.25, -0.2) is 4.79 Å². The first-order valence-corrected chi connectivity index (χ1v) is 8.51. The number of hydrogen-bond acceptors (Lipinski definition) is 3. The Hall–Kier alpha value is -1.98. The summed E-state index contributed by atoms with van der Waals surface area (Å²) >= 11 is 12.0. The van der Waals surface area contributed by atoms with Crippen LogP contribution in [0.15, 0.2) is 42.7 Å². The number of benzene rings is 1. The van der Waals surface area contributed by atoms with Crippen molar-refractivity contribution in [2.24, 2.45) is 0 Å². The Balaban J connectivity index is 1.51. The van der Waals surface area contributed by atoms with E-state index in [1.807, 2.05) is 29.2 Å². The predicted molar refractivity (Wildman–Crippen MR) is 96.7 cm³/mol. The molecule has 5 nitrogen and oxygen atoms in total. The number of urea groups is 1. The van der Waals surface area contributed by atoms with E-state index in [1.165, 1.54) is 0 Å². The van der Waals surface area contributed by atoms with Crippen LogP contribution in [-0.2, 0) is 6.54 Å². The molecule has 1 saturated heterocycles. The molecule has 2 heterocycles. The largest absolute Gasteiger partial charge is 0.368 e. The molecule has 24 heavy (non-hydrogen) atoms. The molecule has 126 valence electrons. The van der Waals surface area contributed by atoms with Crippen LogP contribution in [0.5, 0.6) is 0 Å². The van der Waals surface area contributed by atoms with Crippen molar-refractivity contribution in [3.8, 4) is 0 Å². The quantitative estimate of drug-likeness (QED) is 0.907. The smallest absolute Gasteiger partial charge is 0.317 e. The van der Waals surface area contributed by atoms with Crippen molar-refractivity contribution in [2.45, 2.75) is 6.54 Å². The standard InChI is InChI=1S/C17H18Cl2N4O/c18-15-2-1-14(11-16(15)19)22-7-9-23(10-8-22)17(24)21-12-13-3-5-20-6-4-13/h1-6,11H,7-10,12H2,(H,21,24). The summed E-state index contributed by atoms with van der Waals surface area (Å²) in [6, 6.07) is 9.36. The van der Waals surface area contributed by atoms with Gasteiger partial charge in [-0.2, -0.15) is 0 Å². The van der Waals surface area contributed by atoms with E-state index in [-0.39, 0.29) is 6.03 Å². The number of hydrogen-bond donors (Lipinski definition) is 1. The lowest BCUT2D eigenvalue weighted by Gasteiger charge is -2.36. The fourth-order valence-corrected chi connectivity index (χ4v) is 2.93. The number of pyridine rings is 1. The fraction of sp³-hybridized carbons (Fsp3) is 0.294. The summed E-state index contributed by atoms with van der Waals surface area (Å²) in [7, 11) is 0. The summed E-state index contributed by atoms with van der Waals surface area (Å²) in [5.74, 6) is 0. The van der Waals surface area contributed by atoms with Gasteiger partial charge in [0, 0.05) is 50.8 Å². The predicted octanol–water partition coefficient (Wildman–Crippen LogP) is 3.42. The third-order valence-electron chi connectivity index (χ3n) is 4.03. The van der Waals surface area contributed by atoms with E-state index < -0.39 is 0 Å². The number of nitrogens with zero attached hydrogens (tertiary/aromatic N) is 3. The van der Waals surface area contributed by atoms with E-state index in [0.717, 1.165) is 24.3 Å². The minimum Gasteiger partial charge on any atom is -0.368 e. The Morgan fingerprint density at radius 3 is 2.42 bits per heavy atom. The number of carbonyl (C=O) groups is 1. The number of aromatic nitrogens is 1. The summed E-state index contributed by atoms with van der Waals surface area (Å²) < 4.78 is 0. The Morgan fingerprint density at radius 1 is 1.04 bits per heavy atom. The highest BCUT2D eigenvalue weighted by Crippen LogP contribution is 2.27. The number of anilines is 1. The van der Waals surface area contributed by atoms with Crippen molar-refractivity contribution in [3.05, 3.63) is 58.3 Å². The molecule has 0 saturated carbocycles. The molecule has 7 heteroatoms. The van der Waals surface area contributed by atoms with Crippen LogP contribution < -0.4 is 10.2 Å². The molecule has 0 radical (unpaired) electrons. The maximum absolute atomic E-state index is 12.3. The number of carbonyl (C=O) groups excluding carboxylic acids is 1. The average molecular weight is 365 g/mol. The van der Waals surface area contributed by atoms with Gasteiger partial charge in [0.1, 0.15) is 0 Å². The Kier molecular flexibility index (Phi) is 5.43. The van der Waals surface area contributed by atoms with E-state index in [9.17, 15) is 4.79 Å². The molecule has 1 N–H and O–H groups in total. The molecule has 1 aliphatic rings. The highest BCUT2D eigenvalue weighted by Gasteiger charge is 2.21. The second-order valence-corrected chi connectivity index (χ2v) is 6.40. The summed E-state index contributed by atoms with van der Waals surface area (Å²) in [5.41, 5.74) is 2.06.